The Morgan fingerprint density at radius 3 is 2.19 bits per heavy atom. The van der Waals surface area contributed by atoms with E-state index in [1.54, 1.807) is 0 Å². The second-order valence-corrected chi connectivity index (χ2v) is 5.59. The van der Waals surface area contributed by atoms with Gasteiger partial charge in [0.05, 0.1) is 0 Å². The van der Waals surface area contributed by atoms with E-state index in [1.807, 2.05) is 0 Å². The van der Waals surface area contributed by atoms with Gasteiger partial charge < -0.3 is 5.73 Å². The third-order valence-electron chi connectivity index (χ3n) is 4.52. The summed E-state index contributed by atoms with van der Waals surface area (Å²) in [5.41, 5.74) is 9.34. The molecule has 0 aliphatic heterocycles. The lowest BCUT2D eigenvalue weighted by molar-refractivity contribution is 0.453. The van der Waals surface area contributed by atoms with Gasteiger partial charge in [-0.3, -0.25) is 0 Å². The third-order valence-corrected chi connectivity index (χ3v) is 4.52. The molecule has 0 spiro atoms. The summed E-state index contributed by atoms with van der Waals surface area (Å²) in [7, 11) is 0. The molecule has 2 aliphatic rings. The van der Waals surface area contributed by atoms with E-state index in [9.17, 15) is 0 Å². The van der Waals surface area contributed by atoms with Crippen molar-refractivity contribution in [3.05, 3.63) is 35.4 Å². The predicted octanol–water partition coefficient (Wildman–Crippen LogP) is 3.33. The lowest BCUT2D eigenvalue weighted by atomic mass is 9.78. The fourth-order valence-corrected chi connectivity index (χ4v) is 3.19. The van der Waals surface area contributed by atoms with Crippen molar-refractivity contribution in [1.29, 1.82) is 0 Å². The highest BCUT2D eigenvalue weighted by Gasteiger charge is 2.34. The van der Waals surface area contributed by atoms with Crippen molar-refractivity contribution in [1.82, 2.24) is 0 Å². The molecule has 0 amide bonds. The molecule has 2 fully saturated rings. The monoisotopic (exact) mass is 215 g/mol. The van der Waals surface area contributed by atoms with Gasteiger partial charge in [-0.2, -0.15) is 0 Å². The van der Waals surface area contributed by atoms with Crippen LogP contribution in [-0.2, 0) is 5.41 Å². The van der Waals surface area contributed by atoms with Gasteiger partial charge in [0, 0.05) is 12.0 Å². The van der Waals surface area contributed by atoms with E-state index in [-0.39, 0.29) is 0 Å². The molecule has 0 unspecified atom stereocenters. The summed E-state index contributed by atoms with van der Waals surface area (Å²) < 4.78 is 0. The smallest absolute Gasteiger partial charge is 0.00755 e. The zero-order valence-electron chi connectivity index (χ0n) is 9.91. The summed E-state index contributed by atoms with van der Waals surface area (Å²) >= 11 is 0. The molecule has 0 bridgehead atoms. The molecule has 2 aliphatic carbocycles. The second-order valence-electron chi connectivity index (χ2n) is 5.59. The summed E-state index contributed by atoms with van der Waals surface area (Å²) in [6.45, 7) is 0.815. The molecule has 1 nitrogen and oxygen atoms in total. The Bertz CT molecular complexity index is 356. The molecular weight excluding hydrogens is 194 g/mol. The topological polar surface area (TPSA) is 26.0 Å². The van der Waals surface area contributed by atoms with Crippen LogP contribution in [0.2, 0.25) is 0 Å². The average Bonchev–Trinajstić information content (AvgIpc) is 3.08. The van der Waals surface area contributed by atoms with Crippen LogP contribution in [0.15, 0.2) is 24.3 Å². The molecule has 16 heavy (non-hydrogen) atoms. The molecule has 86 valence electrons. The Kier molecular flexibility index (Phi) is 2.51. The average molecular weight is 215 g/mol. The van der Waals surface area contributed by atoms with Crippen molar-refractivity contribution in [2.24, 2.45) is 5.73 Å². The van der Waals surface area contributed by atoms with Crippen LogP contribution in [0.1, 0.15) is 55.6 Å². The first-order valence-electron chi connectivity index (χ1n) is 6.65. The van der Waals surface area contributed by atoms with Gasteiger partial charge in [0.2, 0.25) is 0 Å². The van der Waals surface area contributed by atoms with Gasteiger partial charge in [0.15, 0.2) is 0 Å². The van der Waals surface area contributed by atoms with Gasteiger partial charge in [-0.25, -0.2) is 0 Å². The van der Waals surface area contributed by atoms with Crippen molar-refractivity contribution >= 4 is 0 Å². The fraction of sp³-hybridized carbons (Fsp3) is 0.600. The van der Waals surface area contributed by atoms with Crippen LogP contribution in [0.25, 0.3) is 0 Å². The number of nitrogens with two attached hydrogens (primary N) is 1. The van der Waals surface area contributed by atoms with Gasteiger partial charge in [-0.1, -0.05) is 37.1 Å². The maximum atomic E-state index is 6.01. The van der Waals surface area contributed by atoms with Gasteiger partial charge in [-0.05, 0) is 42.7 Å². The van der Waals surface area contributed by atoms with E-state index in [1.165, 1.54) is 49.7 Å². The van der Waals surface area contributed by atoms with Crippen molar-refractivity contribution in [2.45, 2.75) is 49.9 Å². The summed E-state index contributed by atoms with van der Waals surface area (Å²) in [4.78, 5) is 0. The van der Waals surface area contributed by atoms with Crippen LogP contribution in [0.4, 0.5) is 0 Å². The lowest BCUT2D eigenvalue weighted by Crippen LogP contribution is -2.31. The molecule has 1 heteroatoms. The predicted molar refractivity (Wildman–Crippen MR) is 67.6 cm³/mol. The number of rotatable bonds is 3. The minimum atomic E-state index is 0.308. The Hall–Kier alpha value is -0.820. The molecule has 0 radical (unpaired) electrons. The molecule has 3 rings (SSSR count). The van der Waals surface area contributed by atoms with E-state index in [0.717, 1.165) is 12.5 Å². The summed E-state index contributed by atoms with van der Waals surface area (Å²) in [5, 5.41) is 0. The van der Waals surface area contributed by atoms with Gasteiger partial charge in [0.1, 0.15) is 0 Å². The van der Waals surface area contributed by atoms with Gasteiger partial charge >= 0.3 is 0 Å². The lowest BCUT2D eigenvalue weighted by Gasteiger charge is -2.28. The summed E-state index contributed by atoms with van der Waals surface area (Å²) in [6.07, 6.45) is 8.05. The highest BCUT2D eigenvalue weighted by atomic mass is 14.6. The van der Waals surface area contributed by atoms with Crippen LogP contribution in [-0.4, -0.2) is 6.54 Å². The number of hydrogen-bond donors (Lipinski definition) is 1. The number of benzene rings is 1. The maximum absolute atomic E-state index is 6.01. The molecule has 0 heterocycles. The Morgan fingerprint density at radius 1 is 1.06 bits per heavy atom. The molecular formula is C15H21N. The minimum absolute atomic E-state index is 0.308. The second kappa shape index (κ2) is 3.89. The van der Waals surface area contributed by atoms with E-state index < -0.39 is 0 Å². The SMILES string of the molecule is NCC1(c2ccc(C3CC3)cc2)CCCC1. The standard InChI is InChI=1S/C15H21N/c16-11-15(9-1-2-10-15)14-7-5-13(6-8-14)12-3-4-12/h5-8,12H,1-4,9-11,16H2. The zero-order chi connectivity index (χ0) is 11.0. The third kappa shape index (κ3) is 1.67. The highest BCUT2D eigenvalue weighted by Crippen LogP contribution is 2.43. The van der Waals surface area contributed by atoms with Crippen molar-refractivity contribution in [3.8, 4) is 0 Å². The Balaban J connectivity index is 1.87. The van der Waals surface area contributed by atoms with E-state index in [4.69, 9.17) is 5.73 Å². The molecule has 1 aromatic rings. The number of hydrogen-bond acceptors (Lipinski definition) is 1. The van der Waals surface area contributed by atoms with Crippen LogP contribution >= 0.6 is 0 Å². The van der Waals surface area contributed by atoms with Crippen LogP contribution in [0.3, 0.4) is 0 Å². The zero-order valence-corrected chi connectivity index (χ0v) is 9.91. The molecule has 0 saturated heterocycles. The van der Waals surface area contributed by atoms with Crippen molar-refractivity contribution in [2.75, 3.05) is 6.54 Å². The summed E-state index contributed by atoms with van der Waals surface area (Å²) in [5.74, 6) is 0.867. The molecule has 2 N–H and O–H groups in total. The van der Waals surface area contributed by atoms with Gasteiger partial charge in [0.25, 0.3) is 0 Å². The molecule has 2 saturated carbocycles. The van der Waals surface area contributed by atoms with Crippen LogP contribution < -0.4 is 5.73 Å². The first-order valence-corrected chi connectivity index (χ1v) is 6.65. The van der Waals surface area contributed by atoms with Crippen LogP contribution in [0.5, 0.6) is 0 Å². The molecule has 0 aromatic heterocycles. The van der Waals surface area contributed by atoms with Crippen molar-refractivity contribution in [3.63, 3.8) is 0 Å². The maximum Gasteiger partial charge on any atom is 0.00755 e. The minimum Gasteiger partial charge on any atom is -0.330 e. The first kappa shape index (κ1) is 10.3. The highest BCUT2D eigenvalue weighted by molar-refractivity contribution is 5.33. The van der Waals surface area contributed by atoms with Gasteiger partial charge in [-0.15, -0.1) is 0 Å². The van der Waals surface area contributed by atoms with E-state index >= 15 is 0 Å². The van der Waals surface area contributed by atoms with Crippen LogP contribution in [0, 0.1) is 0 Å². The quantitative estimate of drug-likeness (QED) is 0.822. The Labute approximate surface area is 98.0 Å². The largest absolute Gasteiger partial charge is 0.330 e. The van der Waals surface area contributed by atoms with E-state index in [0.29, 0.717) is 5.41 Å². The van der Waals surface area contributed by atoms with Crippen molar-refractivity contribution < 1.29 is 0 Å². The molecule has 1 aromatic carbocycles. The summed E-state index contributed by atoms with van der Waals surface area (Å²) in [6, 6.07) is 9.35. The Morgan fingerprint density at radius 2 is 1.69 bits per heavy atom. The first-order chi connectivity index (χ1) is 7.84. The normalized spacial score (nSPS) is 23.6. The fourth-order valence-electron chi connectivity index (χ4n) is 3.19. The van der Waals surface area contributed by atoms with E-state index in [2.05, 4.69) is 24.3 Å². The molecule has 0 atom stereocenters.